The molecular weight excluding hydrogens is 158 g/mol. The molecule has 1 unspecified atom stereocenters. The third-order valence-electron chi connectivity index (χ3n) is 1.36. The van der Waals surface area contributed by atoms with Gasteiger partial charge in [-0.1, -0.05) is 6.92 Å². The van der Waals surface area contributed by atoms with Gasteiger partial charge in [0, 0.05) is 12.0 Å². The summed E-state index contributed by atoms with van der Waals surface area (Å²) in [5.41, 5.74) is 0. The van der Waals surface area contributed by atoms with Crippen molar-refractivity contribution < 1.29 is 14.7 Å². The third kappa shape index (κ3) is 4.71. The number of hydrogen-bond donors (Lipinski definition) is 2. The Morgan fingerprint density at radius 1 is 1.33 bits per heavy atom. The number of aliphatic carboxylic acids is 1. The van der Waals surface area contributed by atoms with Gasteiger partial charge in [-0.2, -0.15) is 0 Å². The standard InChI is InChI=1S/C8H15NO3/c1-5(2)9-8(12)6(3)4-7(10)11/h5-6H,4H2,1-3H3,(H,9,12)(H,10,11). The molecule has 0 saturated carbocycles. The maximum Gasteiger partial charge on any atom is 0.304 e. The van der Waals surface area contributed by atoms with Crippen LogP contribution in [0, 0.1) is 5.92 Å². The lowest BCUT2D eigenvalue weighted by molar-refractivity contribution is -0.140. The molecule has 70 valence electrons. The first-order chi connectivity index (χ1) is 5.43. The fraction of sp³-hybridized carbons (Fsp3) is 0.750. The van der Waals surface area contributed by atoms with Crippen LogP contribution in [0.1, 0.15) is 27.2 Å². The molecule has 0 fully saturated rings. The van der Waals surface area contributed by atoms with Crippen LogP contribution < -0.4 is 5.32 Å². The average Bonchev–Trinajstić information content (AvgIpc) is 1.84. The van der Waals surface area contributed by atoms with Crippen molar-refractivity contribution in [3.63, 3.8) is 0 Å². The summed E-state index contributed by atoms with van der Waals surface area (Å²) in [4.78, 5) is 21.3. The summed E-state index contributed by atoms with van der Waals surface area (Å²) >= 11 is 0. The van der Waals surface area contributed by atoms with Crippen molar-refractivity contribution in [1.82, 2.24) is 5.32 Å². The minimum Gasteiger partial charge on any atom is -0.481 e. The number of amides is 1. The largest absolute Gasteiger partial charge is 0.481 e. The van der Waals surface area contributed by atoms with Gasteiger partial charge in [-0.15, -0.1) is 0 Å². The minimum absolute atomic E-state index is 0.0637. The van der Waals surface area contributed by atoms with Gasteiger partial charge in [0.05, 0.1) is 6.42 Å². The SMILES string of the molecule is CC(C)NC(=O)C(C)CC(=O)O. The van der Waals surface area contributed by atoms with E-state index < -0.39 is 11.9 Å². The molecule has 0 aliphatic heterocycles. The van der Waals surface area contributed by atoms with E-state index in [0.717, 1.165) is 0 Å². The van der Waals surface area contributed by atoms with E-state index in [2.05, 4.69) is 5.32 Å². The smallest absolute Gasteiger partial charge is 0.304 e. The molecule has 4 nitrogen and oxygen atoms in total. The van der Waals surface area contributed by atoms with Crippen molar-refractivity contribution >= 4 is 11.9 Å². The fourth-order valence-corrected chi connectivity index (χ4v) is 0.781. The third-order valence-corrected chi connectivity index (χ3v) is 1.36. The van der Waals surface area contributed by atoms with Crippen LogP contribution in [-0.2, 0) is 9.59 Å². The average molecular weight is 173 g/mol. The van der Waals surface area contributed by atoms with Crippen LogP contribution in [0.3, 0.4) is 0 Å². The Morgan fingerprint density at radius 2 is 1.83 bits per heavy atom. The highest BCUT2D eigenvalue weighted by molar-refractivity contribution is 5.82. The second-order valence-corrected chi connectivity index (χ2v) is 3.16. The highest BCUT2D eigenvalue weighted by Gasteiger charge is 2.16. The Bertz CT molecular complexity index is 177. The summed E-state index contributed by atoms with van der Waals surface area (Å²) < 4.78 is 0. The van der Waals surface area contributed by atoms with Gasteiger partial charge < -0.3 is 10.4 Å². The number of carboxylic acids is 1. The van der Waals surface area contributed by atoms with E-state index in [1.807, 2.05) is 13.8 Å². The number of carboxylic acid groups (broad SMARTS) is 1. The lowest BCUT2D eigenvalue weighted by Crippen LogP contribution is -2.35. The topological polar surface area (TPSA) is 66.4 Å². The van der Waals surface area contributed by atoms with Crippen molar-refractivity contribution in [3.05, 3.63) is 0 Å². The van der Waals surface area contributed by atoms with E-state index in [-0.39, 0.29) is 18.4 Å². The van der Waals surface area contributed by atoms with Gasteiger partial charge in [0.2, 0.25) is 5.91 Å². The lowest BCUT2D eigenvalue weighted by atomic mass is 10.1. The van der Waals surface area contributed by atoms with Crippen LogP contribution in [0.2, 0.25) is 0 Å². The monoisotopic (exact) mass is 173 g/mol. The Balaban J connectivity index is 3.85. The summed E-state index contributed by atoms with van der Waals surface area (Å²) in [6, 6.07) is 0.0637. The van der Waals surface area contributed by atoms with E-state index >= 15 is 0 Å². The van der Waals surface area contributed by atoms with Gasteiger partial charge in [0.15, 0.2) is 0 Å². The summed E-state index contributed by atoms with van der Waals surface area (Å²) in [7, 11) is 0. The van der Waals surface area contributed by atoms with E-state index in [1.165, 1.54) is 0 Å². The van der Waals surface area contributed by atoms with Crippen LogP contribution in [0.4, 0.5) is 0 Å². The molecule has 12 heavy (non-hydrogen) atoms. The number of hydrogen-bond acceptors (Lipinski definition) is 2. The first-order valence-electron chi connectivity index (χ1n) is 3.95. The molecule has 0 aliphatic carbocycles. The highest BCUT2D eigenvalue weighted by Crippen LogP contribution is 2.01. The molecule has 0 radical (unpaired) electrons. The molecule has 0 aromatic rings. The predicted octanol–water partition coefficient (Wildman–Crippen LogP) is 0.622. The van der Waals surface area contributed by atoms with Crippen LogP contribution >= 0.6 is 0 Å². The van der Waals surface area contributed by atoms with Crippen molar-refractivity contribution in [2.45, 2.75) is 33.2 Å². The maximum absolute atomic E-state index is 11.1. The van der Waals surface area contributed by atoms with Crippen LogP contribution in [-0.4, -0.2) is 23.0 Å². The number of nitrogens with one attached hydrogen (secondary N) is 1. The molecule has 0 rings (SSSR count). The molecule has 4 heteroatoms. The van der Waals surface area contributed by atoms with Crippen molar-refractivity contribution in [2.75, 3.05) is 0 Å². The molecule has 2 N–H and O–H groups in total. The highest BCUT2D eigenvalue weighted by atomic mass is 16.4. The lowest BCUT2D eigenvalue weighted by Gasteiger charge is -2.12. The van der Waals surface area contributed by atoms with Crippen molar-refractivity contribution in [2.24, 2.45) is 5.92 Å². The Labute approximate surface area is 72.0 Å². The molecule has 0 aromatic carbocycles. The van der Waals surface area contributed by atoms with E-state index in [0.29, 0.717) is 0 Å². The van der Waals surface area contributed by atoms with Gasteiger partial charge in [-0.3, -0.25) is 9.59 Å². The number of rotatable bonds is 4. The molecule has 0 bridgehead atoms. The van der Waals surface area contributed by atoms with Gasteiger partial charge >= 0.3 is 5.97 Å². The molecule has 0 aromatic heterocycles. The van der Waals surface area contributed by atoms with E-state index in [1.54, 1.807) is 6.92 Å². The maximum atomic E-state index is 11.1. The summed E-state index contributed by atoms with van der Waals surface area (Å²) in [6.07, 6.45) is -0.113. The van der Waals surface area contributed by atoms with Crippen molar-refractivity contribution in [3.8, 4) is 0 Å². The Hall–Kier alpha value is -1.06. The van der Waals surface area contributed by atoms with Crippen LogP contribution in [0.25, 0.3) is 0 Å². The Morgan fingerprint density at radius 3 is 2.17 bits per heavy atom. The van der Waals surface area contributed by atoms with Gasteiger partial charge in [-0.25, -0.2) is 0 Å². The summed E-state index contributed by atoms with van der Waals surface area (Å²) in [5.74, 6) is -1.60. The quantitative estimate of drug-likeness (QED) is 0.655. The van der Waals surface area contributed by atoms with Gasteiger partial charge in [-0.05, 0) is 13.8 Å². The Kier molecular flexibility index (Phi) is 4.33. The van der Waals surface area contributed by atoms with Crippen LogP contribution in [0.5, 0.6) is 0 Å². The van der Waals surface area contributed by atoms with E-state index in [9.17, 15) is 9.59 Å². The molecule has 1 amide bonds. The van der Waals surface area contributed by atoms with E-state index in [4.69, 9.17) is 5.11 Å². The summed E-state index contributed by atoms with van der Waals surface area (Å²) in [6.45, 7) is 5.28. The number of carbonyl (C=O) groups is 2. The van der Waals surface area contributed by atoms with Gasteiger partial charge in [0.25, 0.3) is 0 Å². The molecule has 0 spiro atoms. The first kappa shape index (κ1) is 10.9. The molecule has 0 saturated heterocycles. The minimum atomic E-state index is -0.943. The fourth-order valence-electron chi connectivity index (χ4n) is 0.781. The zero-order valence-corrected chi connectivity index (χ0v) is 7.63. The normalized spacial score (nSPS) is 12.7. The molecule has 0 heterocycles. The second kappa shape index (κ2) is 4.74. The zero-order valence-electron chi connectivity index (χ0n) is 7.63. The van der Waals surface area contributed by atoms with Gasteiger partial charge in [0.1, 0.15) is 0 Å². The zero-order chi connectivity index (χ0) is 9.72. The molecule has 0 aliphatic rings. The van der Waals surface area contributed by atoms with Crippen LogP contribution in [0.15, 0.2) is 0 Å². The molecule has 1 atom stereocenters. The first-order valence-corrected chi connectivity index (χ1v) is 3.95. The second-order valence-electron chi connectivity index (χ2n) is 3.16. The summed E-state index contributed by atoms with van der Waals surface area (Å²) in [5, 5.41) is 11.0. The van der Waals surface area contributed by atoms with Crippen molar-refractivity contribution in [1.29, 1.82) is 0 Å². The molecular formula is C8H15NO3. The number of carbonyl (C=O) groups excluding carboxylic acids is 1. The predicted molar refractivity (Wildman–Crippen MR) is 44.7 cm³/mol.